The fraction of sp³-hybridized carbons (Fsp3) is 1.00. The van der Waals surface area contributed by atoms with Crippen molar-refractivity contribution < 1.29 is 8.42 Å². The minimum Gasteiger partial charge on any atom is -0.329 e. The largest absolute Gasteiger partial charge is 0.329 e. The molecule has 0 atom stereocenters. The third-order valence-electron chi connectivity index (χ3n) is 4.94. The van der Waals surface area contributed by atoms with Crippen molar-refractivity contribution in [3.8, 4) is 0 Å². The van der Waals surface area contributed by atoms with Crippen LogP contribution in [0.4, 0.5) is 0 Å². The zero-order valence-electron chi connectivity index (χ0n) is 11.4. The van der Waals surface area contributed by atoms with E-state index < -0.39 is 10.0 Å². The smallest absolute Gasteiger partial charge is 0.217 e. The molecule has 2 aliphatic carbocycles. The Hall–Kier alpha value is -0.130. The van der Waals surface area contributed by atoms with Gasteiger partial charge in [-0.05, 0) is 25.7 Å². The van der Waals surface area contributed by atoms with Crippen molar-refractivity contribution in [2.75, 3.05) is 13.6 Å². The van der Waals surface area contributed by atoms with Crippen molar-refractivity contribution in [1.29, 1.82) is 0 Å². The number of hydrogen-bond donors (Lipinski definition) is 1. The predicted octanol–water partition coefficient (Wildman–Crippen LogP) is 1.85. The number of hydrogen-bond acceptors (Lipinski definition) is 3. The number of sulfonamides is 1. The molecule has 4 nitrogen and oxygen atoms in total. The van der Waals surface area contributed by atoms with Crippen molar-refractivity contribution >= 4 is 10.0 Å². The first kappa shape index (κ1) is 14.3. The summed E-state index contributed by atoms with van der Waals surface area (Å²) in [5.74, 6) is 0. The van der Waals surface area contributed by atoms with Crippen molar-refractivity contribution in [1.82, 2.24) is 4.31 Å². The lowest BCUT2D eigenvalue weighted by atomic mass is 9.98. The second-order valence-electron chi connectivity index (χ2n) is 5.91. The highest BCUT2D eigenvalue weighted by Crippen LogP contribution is 2.37. The molecule has 0 aromatic heterocycles. The summed E-state index contributed by atoms with van der Waals surface area (Å²) in [7, 11) is -1.41. The molecule has 5 heteroatoms. The number of rotatable bonds is 4. The van der Waals surface area contributed by atoms with Crippen LogP contribution in [0.3, 0.4) is 0 Å². The van der Waals surface area contributed by atoms with E-state index in [2.05, 4.69) is 0 Å². The first-order valence-electron chi connectivity index (χ1n) is 7.21. The van der Waals surface area contributed by atoms with Crippen molar-refractivity contribution in [3.05, 3.63) is 0 Å². The molecule has 2 N–H and O–H groups in total. The topological polar surface area (TPSA) is 63.4 Å². The highest BCUT2D eigenvalue weighted by molar-refractivity contribution is 7.89. The molecule has 0 aromatic rings. The Morgan fingerprint density at radius 2 is 1.67 bits per heavy atom. The monoisotopic (exact) mass is 274 g/mol. The first-order valence-corrected chi connectivity index (χ1v) is 8.71. The average molecular weight is 274 g/mol. The zero-order valence-corrected chi connectivity index (χ0v) is 12.2. The molecular formula is C13H26N2O2S. The van der Waals surface area contributed by atoms with Gasteiger partial charge in [-0.3, -0.25) is 0 Å². The van der Waals surface area contributed by atoms with Gasteiger partial charge < -0.3 is 5.73 Å². The molecule has 2 aliphatic rings. The molecule has 0 amide bonds. The second-order valence-corrected chi connectivity index (χ2v) is 8.15. The molecule has 0 aromatic carbocycles. The van der Waals surface area contributed by atoms with Crippen molar-refractivity contribution in [2.24, 2.45) is 5.73 Å². The molecule has 18 heavy (non-hydrogen) atoms. The van der Waals surface area contributed by atoms with Gasteiger partial charge in [0.25, 0.3) is 0 Å². The normalized spacial score (nSPS) is 25.7. The van der Waals surface area contributed by atoms with Crippen molar-refractivity contribution in [2.45, 2.75) is 68.6 Å². The molecular weight excluding hydrogens is 248 g/mol. The summed E-state index contributed by atoms with van der Waals surface area (Å²) < 4.78 is 27.1. The molecule has 0 aliphatic heterocycles. The van der Waals surface area contributed by atoms with Crippen LogP contribution in [-0.2, 0) is 10.0 Å². The van der Waals surface area contributed by atoms with Gasteiger partial charge in [-0.15, -0.1) is 0 Å². The minimum absolute atomic E-state index is 0.166. The molecule has 0 heterocycles. The van der Waals surface area contributed by atoms with Gasteiger partial charge in [-0.25, -0.2) is 8.42 Å². The third kappa shape index (κ3) is 2.45. The number of likely N-dealkylation sites (N-methyl/N-ethyl adjacent to an activating group) is 1. The van der Waals surface area contributed by atoms with E-state index in [9.17, 15) is 8.42 Å². The van der Waals surface area contributed by atoms with E-state index >= 15 is 0 Å². The maximum absolute atomic E-state index is 12.7. The molecule has 0 spiro atoms. The lowest BCUT2D eigenvalue weighted by Crippen LogP contribution is -2.55. The highest BCUT2D eigenvalue weighted by Gasteiger charge is 2.44. The summed E-state index contributed by atoms with van der Waals surface area (Å²) in [6.45, 7) is 0.454. The van der Waals surface area contributed by atoms with Crippen LogP contribution >= 0.6 is 0 Å². The van der Waals surface area contributed by atoms with Gasteiger partial charge in [0.05, 0.1) is 5.25 Å². The Balaban J connectivity index is 2.17. The molecule has 2 fully saturated rings. The van der Waals surface area contributed by atoms with E-state index in [0.29, 0.717) is 6.54 Å². The summed E-state index contributed by atoms with van der Waals surface area (Å²) in [6.07, 6.45) is 8.97. The number of nitrogens with two attached hydrogens (primary N) is 1. The van der Waals surface area contributed by atoms with Gasteiger partial charge in [0, 0.05) is 19.1 Å². The minimum atomic E-state index is -3.16. The van der Waals surface area contributed by atoms with Crippen LogP contribution in [0.15, 0.2) is 0 Å². The predicted molar refractivity (Wildman–Crippen MR) is 73.8 cm³/mol. The van der Waals surface area contributed by atoms with E-state index in [1.54, 1.807) is 11.4 Å². The summed E-state index contributed by atoms with van der Waals surface area (Å²) >= 11 is 0. The van der Waals surface area contributed by atoms with Gasteiger partial charge in [0.15, 0.2) is 0 Å². The quantitative estimate of drug-likeness (QED) is 0.851. The van der Waals surface area contributed by atoms with E-state index in [4.69, 9.17) is 5.73 Å². The van der Waals surface area contributed by atoms with E-state index in [0.717, 1.165) is 51.4 Å². The van der Waals surface area contributed by atoms with Gasteiger partial charge >= 0.3 is 0 Å². The van der Waals surface area contributed by atoms with Crippen LogP contribution in [-0.4, -0.2) is 37.1 Å². The second kappa shape index (κ2) is 5.47. The Labute approximate surface area is 111 Å². The van der Waals surface area contributed by atoms with Crippen LogP contribution in [0.5, 0.6) is 0 Å². The fourth-order valence-electron chi connectivity index (χ4n) is 3.54. The van der Waals surface area contributed by atoms with Crippen LogP contribution in [0.25, 0.3) is 0 Å². The Morgan fingerprint density at radius 3 is 2.17 bits per heavy atom. The summed E-state index contributed by atoms with van der Waals surface area (Å²) in [5.41, 5.74) is 5.59. The summed E-state index contributed by atoms with van der Waals surface area (Å²) in [6, 6.07) is 0. The first-order chi connectivity index (χ1) is 8.53. The van der Waals surface area contributed by atoms with Gasteiger partial charge in [0.1, 0.15) is 0 Å². The van der Waals surface area contributed by atoms with E-state index in [1.165, 1.54) is 6.42 Å². The fourth-order valence-corrected chi connectivity index (χ4v) is 5.71. The van der Waals surface area contributed by atoms with Crippen LogP contribution in [0.2, 0.25) is 0 Å². The van der Waals surface area contributed by atoms with Gasteiger partial charge in [-0.2, -0.15) is 4.31 Å². The molecule has 2 saturated carbocycles. The van der Waals surface area contributed by atoms with Crippen LogP contribution in [0, 0.1) is 0 Å². The highest BCUT2D eigenvalue weighted by atomic mass is 32.2. The molecule has 0 bridgehead atoms. The van der Waals surface area contributed by atoms with Crippen LogP contribution in [0.1, 0.15) is 57.8 Å². The summed E-state index contributed by atoms with van der Waals surface area (Å²) in [5, 5.41) is -0.166. The molecule has 106 valence electrons. The van der Waals surface area contributed by atoms with Crippen LogP contribution < -0.4 is 5.73 Å². The Morgan fingerprint density at radius 1 is 1.11 bits per heavy atom. The van der Waals surface area contributed by atoms with Gasteiger partial charge in [-0.1, -0.05) is 32.1 Å². The SMILES string of the molecule is CN(C1(CN)CCCC1)S(=O)(=O)C1CCCCC1. The van der Waals surface area contributed by atoms with Crippen molar-refractivity contribution in [3.63, 3.8) is 0 Å². The lowest BCUT2D eigenvalue weighted by Gasteiger charge is -2.39. The average Bonchev–Trinajstić information content (AvgIpc) is 2.88. The van der Waals surface area contributed by atoms with E-state index in [1.807, 2.05) is 0 Å². The molecule has 0 unspecified atom stereocenters. The molecule has 2 rings (SSSR count). The Bertz CT molecular complexity index is 368. The maximum Gasteiger partial charge on any atom is 0.217 e. The number of nitrogens with zero attached hydrogens (tertiary/aromatic N) is 1. The van der Waals surface area contributed by atoms with Gasteiger partial charge in [0.2, 0.25) is 10.0 Å². The molecule has 0 radical (unpaired) electrons. The zero-order chi connectivity index (χ0) is 13.2. The maximum atomic E-state index is 12.7. The standard InChI is InChI=1S/C13H26N2O2S/c1-15(13(11-14)9-5-6-10-13)18(16,17)12-7-3-2-4-8-12/h12H,2-11,14H2,1H3. The Kier molecular flexibility index (Phi) is 4.34. The third-order valence-corrected chi connectivity index (χ3v) is 7.40. The lowest BCUT2D eigenvalue weighted by molar-refractivity contribution is 0.226. The molecule has 0 saturated heterocycles. The summed E-state index contributed by atoms with van der Waals surface area (Å²) in [4.78, 5) is 0. The van der Waals surface area contributed by atoms with E-state index in [-0.39, 0.29) is 10.8 Å².